The maximum Gasteiger partial charge on any atom is 0.247 e. The molecular weight excluding hydrogens is 426 g/mol. The van der Waals surface area contributed by atoms with Gasteiger partial charge < -0.3 is 19.8 Å². The van der Waals surface area contributed by atoms with Crippen LogP contribution in [0.25, 0.3) is 0 Å². The van der Waals surface area contributed by atoms with E-state index in [-0.39, 0.29) is 35.6 Å². The zero-order valence-corrected chi connectivity index (χ0v) is 19.5. The highest BCUT2D eigenvalue weighted by Crippen LogP contribution is 2.61. The average molecular weight is 460 g/mol. The summed E-state index contributed by atoms with van der Waals surface area (Å²) < 4.78 is -0.736. The first-order chi connectivity index (χ1) is 15.5. The van der Waals surface area contributed by atoms with E-state index in [2.05, 4.69) is 18.2 Å². The topological polar surface area (TPSA) is 81.2 Å². The molecule has 7 nitrogen and oxygen atoms in total. The van der Waals surface area contributed by atoms with Gasteiger partial charge >= 0.3 is 0 Å². The molecule has 0 radical (unpaired) electrons. The number of hydrogen-bond acceptors (Lipinski definition) is 5. The van der Waals surface area contributed by atoms with Crippen LogP contribution in [0.15, 0.2) is 24.3 Å². The third-order valence-electron chi connectivity index (χ3n) is 7.96. The summed E-state index contributed by atoms with van der Waals surface area (Å²) in [5.41, 5.74) is 0. The van der Waals surface area contributed by atoms with Crippen LogP contribution in [-0.2, 0) is 14.4 Å². The largest absolute Gasteiger partial charge is 0.396 e. The summed E-state index contributed by atoms with van der Waals surface area (Å²) in [5.74, 6) is -1.12. The standard InChI is InChI=1S/C24H33N3O4S/c1-25-12-5-10-17-18(21(25)29)19-22(30)27(14-7-15-28)20-23(31)26(16-8-3-2-4-9-16)13-6-11-24(19,20)32-17/h5-6,10-11,16-20,28H,2-4,7-9,12-15H2,1H3/t17-,18+,19-,20?,24-/m0/s1. The second kappa shape index (κ2) is 8.52. The summed E-state index contributed by atoms with van der Waals surface area (Å²) in [6.45, 7) is 1.42. The number of aliphatic hydroxyl groups is 1. The number of hydrogen-bond donors (Lipinski definition) is 1. The molecule has 0 aromatic rings. The van der Waals surface area contributed by atoms with Crippen molar-refractivity contribution in [1.29, 1.82) is 0 Å². The highest BCUT2D eigenvalue weighted by Gasteiger charge is 2.70. The fourth-order valence-corrected chi connectivity index (χ4v) is 8.49. The van der Waals surface area contributed by atoms with Gasteiger partial charge in [0.2, 0.25) is 17.7 Å². The van der Waals surface area contributed by atoms with Gasteiger partial charge in [0.05, 0.1) is 16.6 Å². The van der Waals surface area contributed by atoms with Crippen LogP contribution in [0.2, 0.25) is 0 Å². The Morgan fingerprint density at radius 1 is 1.06 bits per heavy atom. The third kappa shape index (κ3) is 3.24. The van der Waals surface area contributed by atoms with Crippen LogP contribution in [0.4, 0.5) is 0 Å². The maximum atomic E-state index is 14.1. The number of aliphatic hydroxyl groups excluding tert-OH is 1. The van der Waals surface area contributed by atoms with Gasteiger partial charge in [-0.05, 0) is 19.3 Å². The van der Waals surface area contributed by atoms with Gasteiger partial charge in [-0.3, -0.25) is 14.4 Å². The van der Waals surface area contributed by atoms with E-state index < -0.39 is 22.6 Å². The first kappa shape index (κ1) is 22.0. The first-order valence-electron chi connectivity index (χ1n) is 12.0. The molecule has 174 valence electrons. The molecule has 32 heavy (non-hydrogen) atoms. The zero-order chi connectivity index (χ0) is 22.5. The van der Waals surface area contributed by atoms with Crippen molar-refractivity contribution in [3.63, 3.8) is 0 Å². The molecule has 3 amide bonds. The predicted molar refractivity (Wildman–Crippen MR) is 123 cm³/mol. The van der Waals surface area contributed by atoms with Gasteiger partial charge in [0, 0.05) is 44.6 Å². The molecule has 8 heteroatoms. The predicted octanol–water partition coefficient (Wildman–Crippen LogP) is 1.43. The molecule has 4 heterocycles. The molecule has 1 saturated carbocycles. The fourth-order valence-electron chi connectivity index (χ4n) is 6.48. The molecule has 2 saturated heterocycles. The van der Waals surface area contributed by atoms with Crippen molar-refractivity contribution in [2.45, 2.75) is 60.6 Å². The van der Waals surface area contributed by atoms with E-state index in [4.69, 9.17) is 0 Å². The van der Waals surface area contributed by atoms with Crippen LogP contribution < -0.4 is 0 Å². The van der Waals surface area contributed by atoms with Crippen molar-refractivity contribution < 1.29 is 19.5 Å². The van der Waals surface area contributed by atoms with Crippen LogP contribution >= 0.6 is 11.8 Å². The van der Waals surface area contributed by atoms with Gasteiger partial charge in [0.25, 0.3) is 0 Å². The van der Waals surface area contributed by atoms with Gasteiger partial charge in [-0.1, -0.05) is 43.6 Å². The van der Waals surface area contributed by atoms with Crippen molar-refractivity contribution in [3.8, 4) is 0 Å². The molecule has 1 aliphatic carbocycles. The Morgan fingerprint density at radius 2 is 1.84 bits per heavy atom. The van der Waals surface area contributed by atoms with Crippen molar-refractivity contribution in [1.82, 2.24) is 14.7 Å². The van der Waals surface area contributed by atoms with E-state index in [9.17, 15) is 19.5 Å². The number of thioether (sulfide) groups is 1. The summed E-state index contributed by atoms with van der Waals surface area (Å²) in [4.78, 5) is 46.7. The van der Waals surface area contributed by atoms with Crippen LogP contribution in [0.3, 0.4) is 0 Å². The van der Waals surface area contributed by atoms with E-state index in [0.717, 1.165) is 25.7 Å². The van der Waals surface area contributed by atoms with E-state index in [1.807, 2.05) is 11.0 Å². The van der Waals surface area contributed by atoms with E-state index in [1.54, 1.807) is 28.6 Å². The molecule has 0 aromatic heterocycles. The summed E-state index contributed by atoms with van der Waals surface area (Å²) in [7, 11) is 1.78. The number of rotatable bonds is 4. The van der Waals surface area contributed by atoms with E-state index in [1.165, 1.54) is 6.42 Å². The smallest absolute Gasteiger partial charge is 0.247 e. The van der Waals surface area contributed by atoms with Gasteiger partial charge in [0.15, 0.2) is 0 Å². The average Bonchev–Trinajstić information content (AvgIpc) is 3.12. The molecule has 0 aromatic carbocycles. The van der Waals surface area contributed by atoms with Gasteiger partial charge in [-0.2, -0.15) is 0 Å². The summed E-state index contributed by atoms with van der Waals surface area (Å²) in [6.07, 6.45) is 14.2. The van der Waals surface area contributed by atoms with Crippen LogP contribution in [0.5, 0.6) is 0 Å². The summed E-state index contributed by atoms with van der Waals surface area (Å²) in [6, 6.07) is -0.398. The Bertz CT molecular complexity index is 854. The number of likely N-dealkylation sites (N-methyl/N-ethyl adjacent to an activating group) is 1. The number of amides is 3. The molecular formula is C24H33N3O4S. The first-order valence-corrected chi connectivity index (χ1v) is 12.9. The van der Waals surface area contributed by atoms with Gasteiger partial charge in [-0.15, -0.1) is 11.8 Å². The molecule has 1 N–H and O–H groups in total. The Balaban J connectivity index is 1.57. The monoisotopic (exact) mass is 459 g/mol. The zero-order valence-electron chi connectivity index (χ0n) is 18.7. The number of likely N-dealkylation sites (tertiary alicyclic amines) is 1. The van der Waals surface area contributed by atoms with Crippen molar-refractivity contribution in [2.75, 3.05) is 33.3 Å². The lowest BCUT2D eigenvalue weighted by Crippen LogP contribution is -2.55. The summed E-state index contributed by atoms with van der Waals surface area (Å²) >= 11 is 1.63. The number of carbonyl (C=O) groups is 3. The molecule has 5 rings (SSSR count). The Labute approximate surface area is 193 Å². The lowest BCUT2D eigenvalue weighted by atomic mass is 9.78. The van der Waals surface area contributed by atoms with E-state index >= 15 is 0 Å². The van der Waals surface area contributed by atoms with Gasteiger partial charge in [0.1, 0.15) is 6.04 Å². The van der Waals surface area contributed by atoms with E-state index in [0.29, 0.717) is 26.1 Å². The highest BCUT2D eigenvalue weighted by molar-refractivity contribution is 8.02. The number of nitrogens with zero attached hydrogens (tertiary/aromatic N) is 3. The quantitative estimate of drug-likeness (QED) is 0.644. The lowest BCUT2D eigenvalue weighted by Gasteiger charge is -2.39. The molecule has 5 aliphatic rings. The van der Waals surface area contributed by atoms with Crippen molar-refractivity contribution >= 4 is 29.5 Å². The minimum absolute atomic E-state index is 0.0142. The molecule has 0 bridgehead atoms. The lowest BCUT2D eigenvalue weighted by molar-refractivity contribution is -0.145. The highest BCUT2D eigenvalue weighted by atomic mass is 32.2. The molecule has 5 atom stereocenters. The minimum atomic E-state index is -0.736. The molecule has 3 fully saturated rings. The second-order valence-corrected chi connectivity index (χ2v) is 11.3. The van der Waals surface area contributed by atoms with Crippen molar-refractivity contribution in [3.05, 3.63) is 24.3 Å². The number of carbonyl (C=O) groups excluding carboxylic acids is 3. The Morgan fingerprint density at radius 3 is 2.59 bits per heavy atom. The maximum absolute atomic E-state index is 14.1. The van der Waals surface area contributed by atoms with Crippen LogP contribution in [0.1, 0.15) is 38.5 Å². The third-order valence-corrected chi connectivity index (χ3v) is 9.71. The normalized spacial score (nSPS) is 37.4. The number of fused-ring (bicyclic) bond motifs is 2. The SMILES string of the molecule is CN1CC=C[C@@H]2S[C@]34C=CCN(C5CCCCC5)C(=O)C3N(CCCO)C(=O)[C@@H]4[C@@H]2C1=O. The van der Waals surface area contributed by atoms with Crippen LogP contribution in [0, 0.1) is 11.8 Å². The van der Waals surface area contributed by atoms with Gasteiger partial charge in [-0.25, -0.2) is 0 Å². The molecule has 1 spiro atoms. The minimum Gasteiger partial charge on any atom is -0.396 e. The van der Waals surface area contributed by atoms with Crippen molar-refractivity contribution in [2.24, 2.45) is 11.8 Å². The second-order valence-electron chi connectivity index (χ2n) is 9.78. The Hall–Kier alpha value is -1.80. The Kier molecular flexibility index (Phi) is 5.86. The fraction of sp³-hybridized carbons (Fsp3) is 0.708. The summed E-state index contributed by atoms with van der Waals surface area (Å²) in [5, 5.41) is 9.36. The molecule has 4 aliphatic heterocycles. The van der Waals surface area contributed by atoms with Crippen LogP contribution in [-0.4, -0.2) is 92.9 Å². The molecule has 1 unspecified atom stereocenters.